The van der Waals surface area contributed by atoms with Crippen molar-refractivity contribution in [1.29, 1.82) is 0 Å². The van der Waals surface area contributed by atoms with E-state index < -0.39 is 17.7 Å². The van der Waals surface area contributed by atoms with Crippen molar-refractivity contribution >= 4 is 40.7 Å². The highest BCUT2D eigenvalue weighted by molar-refractivity contribution is 6.46. The molecule has 1 unspecified atom stereocenters. The lowest BCUT2D eigenvalue weighted by Crippen LogP contribution is -2.30. The van der Waals surface area contributed by atoms with Gasteiger partial charge in [-0.2, -0.15) is 0 Å². The molecular formula is C23H23Cl2NO4. The number of carbonyl (C=O) groups excluding carboxylic acids is 2. The van der Waals surface area contributed by atoms with Gasteiger partial charge < -0.3 is 14.7 Å². The molecule has 30 heavy (non-hydrogen) atoms. The molecule has 1 aliphatic heterocycles. The zero-order valence-corrected chi connectivity index (χ0v) is 18.3. The molecule has 5 nitrogen and oxygen atoms in total. The van der Waals surface area contributed by atoms with E-state index in [1.807, 2.05) is 30.3 Å². The summed E-state index contributed by atoms with van der Waals surface area (Å²) in [5.41, 5.74) is 1.03. The zero-order chi connectivity index (χ0) is 21.8. The fourth-order valence-electron chi connectivity index (χ4n) is 3.67. The molecule has 2 aromatic rings. The summed E-state index contributed by atoms with van der Waals surface area (Å²) in [6.07, 6.45) is 2.70. The van der Waals surface area contributed by atoms with Crippen LogP contribution in [-0.2, 0) is 9.59 Å². The van der Waals surface area contributed by atoms with Gasteiger partial charge in [-0.25, -0.2) is 0 Å². The van der Waals surface area contributed by atoms with Crippen LogP contribution < -0.4 is 4.74 Å². The van der Waals surface area contributed by atoms with E-state index in [0.29, 0.717) is 6.54 Å². The van der Waals surface area contributed by atoms with E-state index in [1.54, 1.807) is 0 Å². The minimum absolute atomic E-state index is 0.0278. The Bertz CT molecular complexity index is 965. The topological polar surface area (TPSA) is 66.8 Å². The minimum atomic E-state index is -0.721. The van der Waals surface area contributed by atoms with Crippen molar-refractivity contribution in [3.63, 3.8) is 0 Å². The van der Waals surface area contributed by atoms with Crippen LogP contribution in [0.3, 0.4) is 0 Å². The second-order valence-corrected chi connectivity index (χ2v) is 7.90. The molecule has 7 heteroatoms. The standard InChI is InChI=1S/C23H23Cl2NO4/c1-3-4-8-11-26-19(14-9-6-5-7-10-14)18(21(28)23(26)29)20(27)15-12-16(24)22(30-2)17(25)13-15/h5-7,9-10,12-13,19,27H,3-4,8,11H2,1-2H3/b20-18+. The van der Waals surface area contributed by atoms with Crippen LogP contribution in [0.1, 0.15) is 43.4 Å². The number of unbranched alkanes of at least 4 members (excludes halogenated alkanes) is 2. The molecule has 0 bridgehead atoms. The van der Waals surface area contributed by atoms with E-state index in [0.717, 1.165) is 24.8 Å². The smallest absolute Gasteiger partial charge is 0.295 e. The monoisotopic (exact) mass is 447 g/mol. The van der Waals surface area contributed by atoms with Crippen LogP contribution in [0.4, 0.5) is 0 Å². The first-order valence-electron chi connectivity index (χ1n) is 9.77. The van der Waals surface area contributed by atoms with Crippen LogP contribution >= 0.6 is 23.2 Å². The Hall–Kier alpha value is -2.50. The fraction of sp³-hybridized carbons (Fsp3) is 0.304. The molecule has 1 heterocycles. The lowest BCUT2D eigenvalue weighted by Gasteiger charge is -2.25. The molecule has 0 radical (unpaired) electrons. The Balaban J connectivity index is 2.14. The first-order chi connectivity index (χ1) is 14.4. The first kappa shape index (κ1) is 22.2. The number of aliphatic hydroxyl groups is 1. The van der Waals surface area contributed by atoms with Crippen molar-refractivity contribution in [3.05, 3.63) is 69.2 Å². The number of hydrogen-bond acceptors (Lipinski definition) is 4. The molecule has 2 aromatic carbocycles. The van der Waals surface area contributed by atoms with Gasteiger partial charge in [-0.3, -0.25) is 9.59 Å². The summed E-state index contributed by atoms with van der Waals surface area (Å²) in [6.45, 7) is 2.50. The average molecular weight is 448 g/mol. The Morgan fingerprint density at radius 1 is 1.10 bits per heavy atom. The number of ketones is 1. The number of benzene rings is 2. The molecule has 0 saturated carbocycles. The summed E-state index contributed by atoms with van der Waals surface area (Å²) in [7, 11) is 1.43. The molecule has 0 spiro atoms. The van der Waals surface area contributed by atoms with Crippen LogP contribution in [0.15, 0.2) is 48.0 Å². The largest absolute Gasteiger partial charge is 0.507 e. The number of carbonyl (C=O) groups is 2. The first-order valence-corrected chi connectivity index (χ1v) is 10.5. The van der Waals surface area contributed by atoms with Crippen LogP contribution in [0.2, 0.25) is 10.0 Å². The Morgan fingerprint density at radius 2 is 1.73 bits per heavy atom. The van der Waals surface area contributed by atoms with Crippen molar-refractivity contribution in [3.8, 4) is 5.75 Å². The zero-order valence-electron chi connectivity index (χ0n) is 16.8. The summed E-state index contributed by atoms with van der Waals surface area (Å²) in [6, 6.07) is 11.5. The van der Waals surface area contributed by atoms with Gasteiger partial charge in [0.15, 0.2) is 5.75 Å². The number of hydrogen-bond donors (Lipinski definition) is 1. The van der Waals surface area contributed by atoms with Crippen molar-refractivity contribution in [2.24, 2.45) is 0 Å². The number of aliphatic hydroxyl groups excluding tert-OH is 1. The lowest BCUT2D eigenvalue weighted by molar-refractivity contribution is -0.139. The van der Waals surface area contributed by atoms with Gasteiger partial charge in [0.25, 0.3) is 11.7 Å². The van der Waals surface area contributed by atoms with Gasteiger partial charge in [0.05, 0.1) is 28.8 Å². The van der Waals surface area contributed by atoms with Crippen LogP contribution in [0.25, 0.3) is 5.76 Å². The molecular weight excluding hydrogens is 425 g/mol. The molecule has 1 amide bonds. The molecule has 158 valence electrons. The van der Waals surface area contributed by atoms with Crippen LogP contribution in [-0.4, -0.2) is 35.4 Å². The number of nitrogens with zero attached hydrogens (tertiary/aromatic N) is 1. The van der Waals surface area contributed by atoms with Crippen molar-refractivity contribution < 1.29 is 19.4 Å². The third-order valence-electron chi connectivity index (χ3n) is 5.13. The van der Waals surface area contributed by atoms with Gasteiger partial charge >= 0.3 is 0 Å². The van der Waals surface area contributed by atoms with Crippen molar-refractivity contribution in [2.45, 2.75) is 32.2 Å². The fourth-order valence-corrected chi connectivity index (χ4v) is 4.31. The Morgan fingerprint density at radius 3 is 2.30 bits per heavy atom. The SMILES string of the molecule is CCCCCN1C(=O)C(=O)/C(=C(/O)c2cc(Cl)c(OC)c(Cl)c2)C1c1ccccc1. The van der Waals surface area contributed by atoms with Crippen LogP contribution in [0.5, 0.6) is 5.75 Å². The summed E-state index contributed by atoms with van der Waals surface area (Å²) in [4.78, 5) is 27.3. The summed E-state index contributed by atoms with van der Waals surface area (Å²) in [5.74, 6) is -1.38. The second kappa shape index (κ2) is 9.54. The van der Waals surface area contributed by atoms with Gasteiger partial charge in [0.2, 0.25) is 0 Å². The van der Waals surface area contributed by atoms with E-state index >= 15 is 0 Å². The summed E-state index contributed by atoms with van der Waals surface area (Å²) >= 11 is 12.4. The maximum Gasteiger partial charge on any atom is 0.295 e. The Kier molecular flexibility index (Phi) is 7.06. The molecule has 0 aromatic heterocycles. The summed E-state index contributed by atoms with van der Waals surface area (Å²) < 4.78 is 5.15. The number of rotatable bonds is 7. The summed E-state index contributed by atoms with van der Waals surface area (Å²) in [5, 5.41) is 11.5. The third kappa shape index (κ3) is 4.18. The molecule has 1 saturated heterocycles. The maximum atomic E-state index is 12.9. The second-order valence-electron chi connectivity index (χ2n) is 7.08. The van der Waals surface area contributed by atoms with Gasteiger partial charge in [-0.15, -0.1) is 0 Å². The number of halogens is 2. The number of ether oxygens (including phenoxy) is 1. The quantitative estimate of drug-likeness (QED) is 0.259. The molecule has 0 aliphatic carbocycles. The highest BCUT2D eigenvalue weighted by Crippen LogP contribution is 2.41. The Labute approximate surface area is 185 Å². The molecule has 1 atom stereocenters. The molecule has 1 aliphatic rings. The lowest BCUT2D eigenvalue weighted by atomic mass is 9.95. The highest BCUT2D eigenvalue weighted by atomic mass is 35.5. The number of amides is 1. The van der Waals surface area contributed by atoms with Gasteiger partial charge in [0.1, 0.15) is 5.76 Å². The average Bonchev–Trinajstić information content (AvgIpc) is 2.98. The molecule has 1 N–H and O–H groups in total. The minimum Gasteiger partial charge on any atom is -0.507 e. The maximum absolute atomic E-state index is 12.9. The van der Waals surface area contributed by atoms with Gasteiger partial charge in [-0.1, -0.05) is 73.3 Å². The third-order valence-corrected chi connectivity index (χ3v) is 5.70. The van der Waals surface area contributed by atoms with Crippen LogP contribution in [0, 0.1) is 0 Å². The highest BCUT2D eigenvalue weighted by Gasteiger charge is 2.45. The number of methoxy groups -OCH3 is 1. The predicted octanol–water partition coefficient (Wildman–Crippen LogP) is 5.61. The number of likely N-dealkylation sites (tertiary alicyclic amines) is 1. The molecule has 1 fully saturated rings. The van der Waals surface area contributed by atoms with E-state index in [1.165, 1.54) is 24.1 Å². The van der Waals surface area contributed by atoms with E-state index in [4.69, 9.17) is 27.9 Å². The van der Waals surface area contributed by atoms with Gasteiger partial charge in [-0.05, 0) is 24.1 Å². The van der Waals surface area contributed by atoms with E-state index in [-0.39, 0.29) is 32.7 Å². The molecule has 3 rings (SSSR count). The van der Waals surface area contributed by atoms with Crippen molar-refractivity contribution in [2.75, 3.05) is 13.7 Å². The predicted molar refractivity (Wildman–Crippen MR) is 118 cm³/mol. The van der Waals surface area contributed by atoms with E-state index in [9.17, 15) is 14.7 Å². The van der Waals surface area contributed by atoms with Crippen molar-refractivity contribution in [1.82, 2.24) is 4.90 Å². The van der Waals surface area contributed by atoms with Gasteiger partial charge in [0, 0.05) is 12.1 Å². The van der Waals surface area contributed by atoms with E-state index in [2.05, 4.69) is 6.92 Å². The normalized spacial score (nSPS) is 18.1. The number of Topliss-reactive ketones (excluding diaryl/α,β-unsaturated/α-hetero) is 1.